The number of carbonyl (C=O) groups is 1. The number of aromatic nitrogens is 2. The van der Waals surface area contributed by atoms with Crippen LogP contribution < -0.4 is 0 Å². The Morgan fingerprint density at radius 3 is 2.41 bits per heavy atom. The average Bonchev–Trinajstić information content (AvgIpc) is 2.88. The number of hydrogen-bond donors (Lipinski definition) is 0. The highest BCUT2D eigenvalue weighted by atomic mass is 16.2. The number of likely N-dealkylation sites (N-methyl/N-ethyl adjacent to an activating group) is 1. The Kier molecular flexibility index (Phi) is 7.17. The van der Waals surface area contributed by atoms with Crippen LogP contribution in [-0.2, 0) is 4.79 Å². The summed E-state index contributed by atoms with van der Waals surface area (Å²) in [7, 11) is 0. The van der Waals surface area contributed by atoms with Crippen molar-refractivity contribution in [3.63, 3.8) is 0 Å². The van der Waals surface area contributed by atoms with Gasteiger partial charge in [0.15, 0.2) is 0 Å². The molecule has 1 amide bonds. The minimum absolute atomic E-state index is 0.0236. The van der Waals surface area contributed by atoms with Gasteiger partial charge in [0, 0.05) is 48.2 Å². The largest absolute Gasteiger partial charge is 0.339 e. The van der Waals surface area contributed by atoms with Crippen LogP contribution in [0.5, 0.6) is 0 Å². The first-order chi connectivity index (χ1) is 16.5. The molecule has 0 aliphatic carbocycles. The lowest BCUT2D eigenvalue weighted by atomic mass is 9.93. The third-order valence-electron chi connectivity index (χ3n) is 6.17. The summed E-state index contributed by atoms with van der Waals surface area (Å²) in [5, 5.41) is 1.14. The summed E-state index contributed by atoms with van der Waals surface area (Å²) >= 11 is 0. The van der Waals surface area contributed by atoms with Gasteiger partial charge < -0.3 is 4.90 Å². The van der Waals surface area contributed by atoms with Gasteiger partial charge in [0.2, 0.25) is 0 Å². The summed E-state index contributed by atoms with van der Waals surface area (Å²) in [6, 6.07) is 20.7. The number of pyridine rings is 2. The Morgan fingerprint density at radius 2 is 1.71 bits per heavy atom. The zero-order chi connectivity index (χ0) is 24.1. The van der Waals surface area contributed by atoms with E-state index in [0.29, 0.717) is 24.6 Å². The van der Waals surface area contributed by atoms with Crippen molar-refractivity contribution in [2.75, 3.05) is 13.1 Å². The number of nitrogens with zero attached hydrogens (tertiary/aromatic N) is 3. The second-order valence-electron chi connectivity index (χ2n) is 8.70. The Balaban J connectivity index is 1.85. The molecule has 0 atom stereocenters. The molecule has 4 rings (SSSR count). The summed E-state index contributed by atoms with van der Waals surface area (Å²) in [5.41, 5.74) is 6.98. The summed E-state index contributed by atoms with van der Waals surface area (Å²) in [6.07, 6.45) is 7.28. The predicted molar refractivity (Wildman–Crippen MR) is 141 cm³/mol. The van der Waals surface area contributed by atoms with Gasteiger partial charge in [-0.05, 0) is 84.5 Å². The van der Waals surface area contributed by atoms with Crippen LogP contribution >= 0.6 is 0 Å². The van der Waals surface area contributed by atoms with E-state index < -0.39 is 0 Å². The van der Waals surface area contributed by atoms with Crippen molar-refractivity contribution >= 4 is 28.5 Å². The Morgan fingerprint density at radius 1 is 0.941 bits per heavy atom. The first-order valence-corrected chi connectivity index (χ1v) is 11.9. The van der Waals surface area contributed by atoms with E-state index in [9.17, 15) is 4.79 Å². The molecule has 2 aromatic carbocycles. The molecule has 0 radical (unpaired) electrons. The Labute approximate surface area is 202 Å². The van der Waals surface area contributed by atoms with E-state index in [4.69, 9.17) is 0 Å². The van der Waals surface area contributed by atoms with Crippen molar-refractivity contribution in [3.05, 3.63) is 95.9 Å². The molecule has 0 saturated heterocycles. The SMILES string of the molecule is CCN(CC)C(=O)C(=Cc1cccc(-c2cc(C(C)C)cc3cccnc23)c1)c1ccncc1. The normalized spacial score (nSPS) is 11.7. The van der Waals surface area contributed by atoms with E-state index in [1.54, 1.807) is 12.4 Å². The van der Waals surface area contributed by atoms with Crippen LogP contribution in [0.25, 0.3) is 33.7 Å². The first-order valence-electron chi connectivity index (χ1n) is 11.9. The lowest BCUT2D eigenvalue weighted by Crippen LogP contribution is -2.31. The van der Waals surface area contributed by atoms with E-state index in [1.807, 2.05) is 61.4 Å². The van der Waals surface area contributed by atoms with E-state index in [1.165, 1.54) is 5.56 Å². The Bertz CT molecular complexity index is 1320. The van der Waals surface area contributed by atoms with Gasteiger partial charge in [0.05, 0.1) is 5.52 Å². The van der Waals surface area contributed by atoms with Crippen LogP contribution in [-0.4, -0.2) is 33.9 Å². The molecule has 2 heterocycles. The van der Waals surface area contributed by atoms with Gasteiger partial charge in [0.25, 0.3) is 5.91 Å². The lowest BCUT2D eigenvalue weighted by molar-refractivity contribution is -0.124. The number of carbonyl (C=O) groups excluding carboxylic acids is 1. The number of hydrogen-bond acceptors (Lipinski definition) is 3. The summed E-state index contributed by atoms with van der Waals surface area (Å²) in [6.45, 7) is 9.76. The maximum absolute atomic E-state index is 13.4. The zero-order valence-electron chi connectivity index (χ0n) is 20.3. The fraction of sp³-hybridized carbons (Fsp3) is 0.233. The van der Waals surface area contributed by atoms with Crippen molar-refractivity contribution in [1.82, 2.24) is 14.9 Å². The van der Waals surface area contributed by atoms with Crippen LogP contribution in [0, 0.1) is 0 Å². The molecule has 4 aromatic rings. The quantitative estimate of drug-likeness (QED) is 0.291. The smallest absolute Gasteiger partial charge is 0.254 e. The van der Waals surface area contributed by atoms with Crippen molar-refractivity contribution in [3.8, 4) is 11.1 Å². The monoisotopic (exact) mass is 449 g/mol. The molecule has 0 spiro atoms. The molecule has 0 unspecified atom stereocenters. The highest BCUT2D eigenvalue weighted by molar-refractivity contribution is 6.24. The first kappa shape index (κ1) is 23.4. The fourth-order valence-corrected chi connectivity index (χ4v) is 4.21. The average molecular weight is 450 g/mol. The zero-order valence-corrected chi connectivity index (χ0v) is 20.3. The summed E-state index contributed by atoms with van der Waals surface area (Å²) < 4.78 is 0. The molecule has 4 heteroatoms. The van der Waals surface area contributed by atoms with Crippen molar-refractivity contribution in [2.45, 2.75) is 33.6 Å². The number of fused-ring (bicyclic) bond motifs is 1. The summed E-state index contributed by atoms with van der Waals surface area (Å²) in [4.78, 5) is 24.0. The van der Waals surface area contributed by atoms with Gasteiger partial charge in [-0.3, -0.25) is 14.8 Å². The standard InChI is InChI=1S/C30H31N3O/c1-5-33(6-2)30(34)28(23-12-15-31-16-13-23)18-22-9-7-10-24(17-22)27-20-26(21(3)4)19-25-11-8-14-32-29(25)27/h7-21H,5-6H2,1-4H3. The van der Waals surface area contributed by atoms with Crippen LogP contribution in [0.4, 0.5) is 0 Å². The molecule has 2 aromatic heterocycles. The molecule has 172 valence electrons. The van der Waals surface area contributed by atoms with Crippen LogP contribution in [0.3, 0.4) is 0 Å². The number of amides is 1. The highest BCUT2D eigenvalue weighted by Gasteiger charge is 2.18. The van der Waals surface area contributed by atoms with Crippen molar-refractivity contribution in [1.29, 1.82) is 0 Å². The molecule has 4 nitrogen and oxygen atoms in total. The van der Waals surface area contributed by atoms with Crippen LogP contribution in [0.15, 0.2) is 79.3 Å². The topological polar surface area (TPSA) is 46.1 Å². The molecule has 34 heavy (non-hydrogen) atoms. The van der Waals surface area contributed by atoms with Crippen molar-refractivity contribution < 1.29 is 4.79 Å². The third-order valence-corrected chi connectivity index (χ3v) is 6.17. The molecule has 0 N–H and O–H groups in total. The van der Waals surface area contributed by atoms with Gasteiger partial charge in [-0.25, -0.2) is 0 Å². The van der Waals surface area contributed by atoms with Gasteiger partial charge in [0.1, 0.15) is 0 Å². The molecular weight excluding hydrogens is 418 g/mol. The van der Waals surface area contributed by atoms with Gasteiger partial charge in [-0.15, -0.1) is 0 Å². The number of benzene rings is 2. The van der Waals surface area contributed by atoms with Gasteiger partial charge in [-0.2, -0.15) is 0 Å². The molecule has 0 bridgehead atoms. The molecule has 0 aliphatic heterocycles. The third kappa shape index (κ3) is 4.91. The van der Waals surface area contributed by atoms with Gasteiger partial charge in [-0.1, -0.05) is 38.1 Å². The van der Waals surface area contributed by atoms with Crippen LogP contribution in [0.2, 0.25) is 0 Å². The van der Waals surface area contributed by atoms with E-state index in [0.717, 1.165) is 33.2 Å². The van der Waals surface area contributed by atoms with E-state index in [-0.39, 0.29) is 5.91 Å². The minimum Gasteiger partial charge on any atom is -0.339 e. The maximum atomic E-state index is 13.4. The molecule has 0 saturated carbocycles. The highest BCUT2D eigenvalue weighted by Crippen LogP contribution is 2.32. The van der Waals surface area contributed by atoms with E-state index >= 15 is 0 Å². The molecule has 0 aliphatic rings. The lowest BCUT2D eigenvalue weighted by Gasteiger charge is -2.21. The summed E-state index contributed by atoms with van der Waals surface area (Å²) in [5.74, 6) is 0.437. The van der Waals surface area contributed by atoms with Gasteiger partial charge >= 0.3 is 0 Å². The number of rotatable bonds is 7. The fourth-order valence-electron chi connectivity index (χ4n) is 4.21. The second kappa shape index (κ2) is 10.4. The Hall–Kier alpha value is -3.79. The maximum Gasteiger partial charge on any atom is 0.254 e. The second-order valence-corrected chi connectivity index (χ2v) is 8.70. The van der Waals surface area contributed by atoms with Crippen molar-refractivity contribution in [2.24, 2.45) is 0 Å². The van der Waals surface area contributed by atoms with Crippen LogP contribution in [0.1, 0.15) is 50.3 Å². The predicted octanol–water partition coefficient (Wildman–Crippen LogP) is 6.83. The molecular formula is C30H31N3O. The molecule has 0 fully saturated rings. The van der Waals surface area contributed by atoms with E-state index in [2.05, 4.69) is 54.1 Å². The minimum atomic E-state index is 0.0236.